The van der Waals surface area contributed by atoms with Crippen molar-refractivity contribution in [3.8, 4) is 0 Å². The van der Waals surface area contributed by atoms with Crippen LogP contribution >= 0.6 is 0 Å². The van der Waals surface area contributed by atoms with E-state index in [0.717, 1.165) is 34.5 Å². The number of aryl methyl sites for hydroxylation is 2. The molecule has 2 aliphatic rings. The molecule has 0 atom stereocenters. The summed E-state index contributed by atoms with van der Waals surface area (Å²) < 4.78 is 79.7. The second-order valence-corrected chi connectivity index (χ2v) is 15.2. The highest BCUT2D eigenvalue weighted by Crippen LogP contribution is 2.33. The summed E-state index contributed by atoms with van der Waals surface area (Å²) in [6.07, 6.45) is -5.21. The Kier molecular flexibility index (Phi) is 15.1. The Bertz CT molecular complexity index is 2630. The van der Waals surface area contributed by atoms with Crippen molar-refractivity contribution in [1.29, 1.82) is 0 Å². The molecule has 0 saturated heterocycles. The van der Waals surface area contributed by atoms with Crippen molar-refractivity contribution in [1.82, 2.24) is 0 Å². The van der Waals surface area contributed by atoms with E-state index in [1.165, 1.54) is 41.3 Å². The number of amides is 4. The minimum absolute atomic E-state index is 0.0563. The monoisotopic (exact) mass is 898 g/mol. The smallest absolute Gasteiger partial charge is 0.387 e. The topological polar surface area (TPSA) is 128 Å². The molecule has 2 heterocycles. The second kappa shape index (κ2) is 20.6. The minimum atomic E-state index is -4.40. The first-order valence-electron chi connectivity index (χ1n) is 20.3. The summed E-state index contributed by atoms with van der Waals surface area (Å²) in [5.41, 5.74) is 7.75. The molecule has 10 nitrogen and oxygen atoms in total. The van der Waals surface area contributed by atoms with Crippen LogP contribution in [0.3, 0.4) is 0 Å². The van der Waals surface area contributed by atoms with Gasteiger partial charge in [0.05, 0.1) is 6.61 Å². The normalized spacial score (nSPS) is 13.4. The van der Waals surface area contributed by atoms with Gasteiger partial charge in [-0.25, -0.2) is 0 Å². The minimum Gasteiger partial charge on any atom is -0.387 e. The predicted molar refractivity (Wildman–Crippen MR) is 237 cm³/mol. The highest BCUT2D eigenvalue weighted by atomic mass is 19.4. The number of anilines is 4. The molecule has 0 fully saturated rings. The van der Waals surface area contributed by atoms with E-state index >= 15 is 0 Å². The fourth-order valence-corrected chi connectivity index (χ4v) is 7.29. The molecule has 3 N–H and O–H groups in total. The molecule has 7 rings (SSSR count). The zero-order valence-electron chi connectivity index (χ0n) is 35.2. The fraction of sp³-hybridized carbons (Fsp3) is 0.224. The molecule has 5 aromatic rings. The van der Waals surface area contributed by atoms with Crippen LogP contribution in [-0.4, -0.2) is 67.4 Å². The molecular formula is C49H44F6N4O6. The zero-order chi connectivity index (χ0) is 46.9. The first-order chi connectivity index (χ1) is 30.9. The van der Waals surface area contributed by atoms with E-state index in [1.54, 1.807) is 43.0 Å². The van der Waals surface area contributed by atoms with Gasteiger partial charge in [0.25, 0.3) is 23.6 Å². The number of carbonyl (C=O) groups is 4. The van der Waals surface area contributed by atoms with Crippen LogP contribution < -0.4 is 20.4 Å². The SMILES string of the molecule is Cc1cc(C=CC(F)(F)F)ccc1C(=O)Nc1ccc2c(c1)N(C(=O)CO)CC2.Cc1cc(C=CC(F)(F)F)ccc1C(=O)Nc1ccc2c(c1)N(C(=O)COCc1ccccc1)CC2. The van der Waals surface area contributed by atoms with E-state index in [1.807, 2.05) is 42.5 Å². The third kappa shape index (κ3) is 13.0. The molecule has 65 heavy (non-hydrogen) atoms. The number of aliphatic hydroxyl groups is 1. The molecular weight excluding hydrogens is 855 g/mol. The summed E-state index contributed by atoms with van der Waals surface area (Å²) in [5.74, 6) is -1.37. The summed E-state index contributed by atoms with van der Waals surface area (Å²) in [5, 5.41) is 14.7. The highest BCUT2D eigenvalue weighted by molar-refractivity contribution is 6.07. The van der Waals surface area contributed by atoms with Crippen LogP contribution in [0.15, 0.2) is 115 Å². The maximum atomic E-state index is 12.8. The average Bonchev–Trinajstić information content (AvgIpc) is 3.89. The van der Waals surface area contributed by atoms with E-state index in [0.29, 0.717) is 83.0 Å². The van der Waals surface area contributed by atoms with E-state index in [9.17, 15) is 45.5 Å². The molecule has 0 unspecified atom stereocenters. The lowest BCUT2D eigenvalue weighted by molar-refractivity contribution is -0.123. The Labute approximate surface area is 370 Å². The largest absolute Gasteiger partial charge is 0.409 e. The van der Waals surface area contributed by atoms with Gasteiger partial charge in [-0.3, -0.25) is 19.2 Å². The van der Waals surface area contributed by atoms with Crippen molar-refractivity contribution in [2.75, 3.05) is 46.7 Å². The first kappa shape index (κ1) is 47.4. The Balaban J connectivity index is 0.000000221. The van der Waals surface area contributed by atoms with Crippen molar-refractivity contribution in [2.24, 2.45) is 0 Å². The summed E-state index contributed by atoms with van der Waals surface area (Å²) >= 11 is 0. The van der Waals surface area contributed by atoms with Gasteiger partial charge in [0.1, 0.15) is 13.2 Å². The molecule has 2 aliphatic heterocycles. The molecule has 4 amide bonds. The van der Waals surface area contributed by atoms with Gasteiger partial charge in [0.15, 0.2) is 0 Å². The van der Waals surface area contributed by atoms with Crippen LogP contribution in [-0.2, 0) is 33.8 Å². The molecule has 0 spiro atoms. The van der Waals surface area contributed by atoms with Crippen LogP contribution in [0.1, 0.15) is 59.7 Å². The van der Waals surface area contributed by atoms with Gasteiger partial charge < -0.3 is 30.3 Å². The van der Waals surface area contributed by atoms with Crippen LogP contribution in [0.2, 0.25) is 0 Å². The van der Waals surface area contributed by atoms with Gasteiger partial charge >= 0.3 is 12.4 Å². The molecule has 0 saturated carbocycles. The van der Waals surface area contributed by atoms with E-state index in [2.05, 4.69) is 10.6 Å². The van der Waals surface area contributed by atoms with Crippen molar-refractivity contribution in [3.05, 3.63) is 165 Å². The number of fused-ring (bicyclic) bond motifs is 2. The summed E-state index contributed by atoms with van der Waals surface area (Å²) in [4.78, 5) is 53.2. The number of ether oxygens (including phenoxy) is 1. The van der Waals surface area contributed by atoms with Crippen molar-refractivity contribution in [2.45, 2.75) is 45.6 Å². The van der Waals surface area contributed by atoms with Crippen molar-refractivity contribution >= 4 is 58.5 Å². The van der Waals surface area contributed by atoms with Gasteiger partial charge in [-0.15, -0.1) is 0 Å². The average molecular weight is 899 g/mol. The summed E-state index contributed by atoms with van der Waals surface area (Å²) in [6.45, 7) is 4.00. The standard InChI is InChI=1S/C28H25F3N2O3.C21H19F3N2O3/c1-19-15-20(11-13-28(29,30)31)7-10-24(19)27(35)32-23-9-8-22-12-14-33(25(22)16-23)26(34)18-36-17-21-5-3-2-4-6-21;1-13-10-14(6-8-21(22,23)24)2-5-17(13)20(29)25-16-4-3-15-7-9-26(18(15)11-16)19(28)12-27/h2-11,13,15-16H,12,14,17-18H2,1H3,(H,32,35);2-6,8,10-11,27H,7,9,12H2,1H3,(H,25,29). The van der Waals surface area contributed by atoms with E-state index < -0.39 is 30.8 Å². The molecule has 0 aromatic heterocycles. The van der Waals surface area contributed by atoms with Gasteiger partial charge in [-0.2, -0.15) is 26.3 Å². The molecule has 338 valence electrons. The number of aliphatic hydroxyl groups excluding tert-OH is 1. The maximum absolute atomic E-state index is 12.8. The van der Waals surface area contributed by atoms with Gasteiger partial charge in [0, 0.05) is 59.1 Å². The maximum Gasteiger partial charge on any atom is 0.409 e. The summed E-state index contributed by atoms with van der Waals surface area (Å²) in [7, 11) is 0. The van der Waals surface area contributed by atoms with Gasteiger partial charge in [0.2, 0.25) is 0 Å². The van der Waals surface area contributed by atoms with Gasteiger partial charge in [-0.05, 0) is 102 Å². The lowest BCUT2D eigenvalue weighted by Gasteiger charge is -2.18. The molecule has 0 radical (unpaired) electrons. The van der Waals surface area contributed by atoms with Crippen molar-refractivity contribution in [3.63, 3.8) is 0 Å². The number of benzene rings is 5. The molecule has 5 aromatic carbocycles. The van der Waals surface area contributed by atoms with E-state index in [4.69, 9.17) is 9.84 Å². The number of rotatable bonds is 11. The Morgan fingerprint density at radius 2 is 1.09 bits per heavy atom. The summed E-state index contributed by atoms with van der Waals surface area (Å²) in [6, 6.07) is 29.1. The Hall–Kier alpha value is -7.04. The van der Waals surface area contributed by atoms with Crippen LogP contribution in [0.5, 0.6) is 0 Å². The zero-order valence-corrected chi connectivity index (χ0v) is 35.2. The fourth-order valence-electron chi connectivity index (χ4n) is 7.29. The number of nitrogens with zero attached hydrogens (tertiary/aromatic N) is 2. The predicted octanol–water partition coefficient (Wildman–Crippen LogP) is 9.63. The van der Waals surface area contributed by atoms with Crippen LogP contribution in [0.4, 0.5) is 49.1 Å². The number of allylic oxidation sites excluding steroid dienone is 2. The first-order valence-corrected chi connectivity index (χ1v) is 20.3. The number of alkyl halides is 6. The number of carbonyl (C=O) groups excluding carboxylic acids is 4. The number of halogens is 6. The Morgan fingerprint density at radius 1 is 0.631 bits per heavy atom. The third-order valence-electron chi connectivity index (χ3n) is 10.5. The Morgan fingerprint density at radius 3 is 1.52 bits per heavy atom. The van der Waals surface area contributed by atoms with Crippen LogP contribution in [0, 0.1) is 13.8 Å². The highest BCUT2D eigenvalue weighted by Gasteiger charge is 2.27. The van der Waals surface area contributed by atoms with Gasteiger partial charge in [-0.1, -0.05) is 78.9 Å². The van der Waals surface area contributed by atoms with E-state index in [-0.39, 0.29) is 30.6 Å². The molecule has 16 heteroatoms. The lowest BCUT2D eigenvalue weighted by atomic mass is 10.0. The molecule has 0 aliphatic carbocycles. The van der Waals surface area contributed by atoms with Crippen molar-refractivity contribution < 1.29 is 55.4 Å². The lowest BCUT2D eigenvalue weighted by Crippen LogP contribution is -2.32. The quantitative estimate of drug-likeness (QED) is 0.113. The number of hydrogen-bond acceptors (Lipinski definition) is 6. The molecule has 0 bridgehead atoms. The number of nitrogens with one attached hydrogen (secondary N) is 2. The third-order valence-corrected chi connectivity index (χ3v) is 10.5. The van der Waals surface area contributed by atoms with Crippen LogP contribution in [0.25, 0.3) is 12.2 Å². The second-order valence-electron chi connectivity index (χ2n) is 15.2. The number of hydrogen-bond donors (Lipinski definition) is 3.